The number of carbonyl (C=O) groups is 2. The fourth-order valence-corrected chi connectivity index (χ4v) is 0.958. The van der Waals surface area contributed by atoms with Gasteiger partial charge in [0.2, 0.25) is 5.78 Å². The lowest BCUT2D eigenvalue weighted by atomic mass is 10.2. The van der Waals surface area contributed by atoms with Gasteiger partial charge in [-0.25, -0.2) is 4.79 Å². The molecule has 1 aromatic heterocycles. The number of hydrogen-bond acceptors (Lipinski definition) is 5. The number of ketones is 1. The highest BCUT2D eigenvalue weighted by atomic mass is 19.3. The quantitative estimate of drug-likeness (QED) is 0.558. The van der Waals surface area contributed by atoms with Crippen LogP contribution in [0.15, 0.2) is 22.8 Å². The van der Waals surface area contributed by atoms with Crippen molar-refractivity contribution in [2.75, 3.05) is 13.7 Å². The van der Waals surface area contributed by atoms with Crippen LogP contribution in [0.25, 0.3) is 0 Å². The SMILES string of the molecule is COCC(=O)C(F)(F)C(=O)OCc1ccco1. The molecule has 17 heavy (non-hydrogen) atoms. The third-order valence-electron chi connectivity index (χ3n) is 1.81. The van der Waals surface area contributed by atoms with Crippen LogP contribution < -0.4 is 0 Å². The Balaban J connectivity index is 2.53. The molecule has 0 amide bonds. The van der Waals surface area contributed by atoms with Gasteiger partial charge in [-0.1, -0.05) is 0 Å². The van der Waals surface area contributed by atoms with Crippen LogP contribution in [0.4, 0.5) is 8.78 Å². The predicted molar refractivity (Wildman–Crippen MR) is 50.3 cm³/mol. The first-order chi connectivity index (χ1) is 7.98. The van der Waals surface area contributed by atoms with Crippen molar-refractivity contribution in [3.05, 3.63) is 24.2 Å². The number of furan rings is 1. The fraction of sp³-hybridized carbons (Fsp3) is 0.400. The van der Waals surface area contributed by atoms with Crippen LogP contribution in [-0.2, 0) is 25.7 Å². The van der Waals surface area contributed by atoms with E-state index in [-0.39, 0.29) is 5.76 Å². The predicted octanol–water partition coefficient (Wildman–Crippen LogP) is 1.17. The van der Waals surface area contributed by atoms with Gasteiger partial charge in [-0.05, 0) is 12.1 Å². The van der Waals surface area contributed by atoms with E-state index < -0.39 is 30.9 Å². The zero-order valence-electron chi connectivity index (χ0n) is 8.94. The van der Waals surface area contributed by atoms with Gasteiger partial charge < -0.3 is 13.9 Å². The highest BCUT2D eigenvalue weighted by molar-refractivity contribution is 6.05. The maximum absolute atomic E-state index is 13.1. The van der Waals surface area contributed by atoms with Gasteiger partial charge in [0, 0.05) is 7.11 Å². The Labute approximate surface area is 95.3 Å². The average molecular weight is 248 g/mol. The van der Waals surface area contributed by atoms with E-state index in [4.69, 9.17) is 4.42 Å². The summed E-state index contributed by atoms with van der Waals surface area (Å²) < 4.78 is 39.5. The largest absolute Gasteiger partial charge is 0.466 e. The van der Waals surface area contributed by atoms with Crippen LogP contribution in [0.1, 0.15) is 5.76 Å². The summed E-state index contributed by atoms with van der Waals surface area (Å²) >= 11 is 0. The number of ether oxygens (including phenoxy) is 2. The molecule has 0 saturated carbocycles. The molecule has 5 nitrogen and oxygen atoms in total. The lowest BCUT2D eigenvalue weighted by molar-refractivity contribution is -0.179. The van der Waals surface area contributed by atoms with Crippen molar-refractivity contribution in [2.24, 2.45) is 0 Å². The molecule has 0 aliphatic carbocycles. The number of rotatable bonds is 6. The van der Waals surface area contributed by atoms with Crippen molar-refractivity contribution in [2.45, 2.75) is 12.5 Å². The molecule has 0 spiro atoms. The molecule has 0 fully saturated rings. The van der Waals surface area contributed by atoms with E-state index in [9.17, 15) is 18.4 Å². The zero-order valence-corrected chi connectivity index (χ0v) is 8.94. The fourth-order valence-electron chi connectivity index (χ4n) is 0.958. The summed E-state index contributed by atoms with van der Waals surface area (Å²) in [6.45, 7) is -1.31. The van der Waals surface area contributed by atoms with Crippen molar-refractivity contribution < 1.29 is 32.3 Å². The second-order valence-corrected chi connectivity index (χ2v) is 3.09. The van der Waals surface area contributed by atoms with E-state index in [0.717, 1.165) is 7.11 Å². The number of halogens is 2. The molecular formula is C10H10F2O5. The van der Waals surface area contributed by atoms with E-state index >= 15 is 0 Å². The van der Waals surface area contributed by atoms with Crippen molar-refractivity contribution in [3.63, 3.8) is 0 Å². The molecule has 0 N–H and O–H groups in total. The van der Waals surface area contributed by atoms with Gasteiger partial charge in [0.15, 0.2) is 0 Å². The van der Waals surface area contributed by atoms with Gasteiger partial charge in [0.25, 0.3) is 0 Å². The molecule has 1 heterocycles. The summed E-state index contributed by atoms with van der Waals surface area (Å²) in [5.41, 5.74) is 0. The van der Waals surface area contributed by atoms with Crippen molar-refractivity contribution in [1.29, 1.82) is 0 Å². The minimum atomic E-state index is -4.21. The topological polar surface area (TPSA) is 65.7 Å². The normalized spacial score (nSPS) is 11.2. The van der Waals surface area contributed by atoms with E-state index in [2.05, 4.69) is 9.47 Å². The van der Waals surface area contributed by atoms with Gasteiger partial charge >= 0.3 is 11.9 Å². The molecule has 94 valence electrons. The third kappa shape index (κ3) is 3.35. The Bertz CT molecular complexity index is 385. The summed E-state index contributed by atoms with van der Waals surface area (Å²) in [4.78, 5) is 21.9. The molecule has 0 atom stereocenters. The van der Waals surface area contributed by atoms with Crippen LogP contribution in [0, 0.1) is 0 Å². The summed E-state index contributed by atoms with van der Waals surface area (Å²) in [5.74, 6) is -7.57. The van der Waals surface area contributed by atoms with Crippen LogP contribution in [0.5, 0.6) is 0 Å². The molecule has 0 unspecified atom stereocenters. The van der Waals surface area contributed by atoms with E-state index in [0.29, 0.717) is 0 Å². The van der Waals surface area contributed by atoms with Gasteiger partial charge in [-0.3, -0.25) is 4.79 Å². The Morgan fingerprint density at radius 1 is 1.47 bits per heavy atom. The second kappa shape index (κ2) is 5.53. The first kappa shape index (κ1) is 13.3. The van der Waals surface area contributed by atoms with Gasteiger partial charge in [0.05, 0.1) is 6.26 Å². The summed E-state index contributed by atoms with van der Waals surface area (Å²) in [6.07, 6.45) is 1.30. The van der Waals surface area contributed by atoms with E-state index in [1.54, 1.807) is 0 Å². The number of Topliss-reactive ketones (excluding diaryl/α,β-unsaturated/α-hetero) is 1. The molecule has 7 heteroatoms. The van der Waals surface area contributed by atoms with Crippen molar-refractivity contribution in [3.8, 4) is 0 Å². The average Bonchev–Trinajstić information content (AvgIpc) is 2.78. The standard InChI is InChI=1S/C10H10F2O5/c1-15-6-8(13)10(11,12)9(14)17-5-7-3-2-4-16-7/h2-4H,5-6H2,1H3. The van der Waals surface area contributed by atoms with Crippen molar-refractivity contribution >= 4 is 11.8 Å². The van der Waals surface area contributed by atoms with Gasteiger partial charge in [0.1, 0.15) is 19.0 Å². The zero-order chi connectivity index (χ0) is 12.9. The first-order valence-corrected chi connectivity index (χ1v) is 4.58. The molecule has 0 aliphatic rings. The molecule has 0 bridgehead atoms. The summed E-state index contributed by atoms with van der Waals surface area (Å²) in [5, 5.41) is 0. The van der Waals surface area contributed by atoms with Gasteiger partial charge in [-0.15, -0.1) is 0 Å². The van der Waals surface area contributed by atoms with E-state index in [1.165, 1.54) is 18.4 Å². The molecule has 1 aromatic rings. The lowest BCUT2D eigenvalue weighted by Crippen LogP contribution is -2.41. The smallest absolute Gasteiger partial charge is 0.402 e. The van der Waals surface area contributed by atoms with Crippen molar-refractivity contribution in [1.82, 2.24) is 0 Å². The molecule has 0 saturated heterocycles. The molecule has 0 aliphatic heterocycles. The number of hydrogen-bond donors (Lipinski definition) is 0. The highest BCUT2D eigenvalue weighted by Crippen LogP contribution is 2.18. The number of alkyl halides is 2. The number of carbonyl (C=O) groups excluding carboxylic acids is 2. The van der Waals surface area contributed by atoms with Crippen LogP contribution >= 0.6 is 0 Å². The minimum Gasteiger partial charge on any atom is -0.466 e. The maximum Gasteiger partial charge on any atom is 0.402 e. The molecule has 0 radical (unpaired) electrons. The van der Waals surface area contributed by atoms with E-state index in [1.807, 2.05) is 0 Å². The van der Waals surface area contributed by atoms with Crippen LogP contribution in [0.3, 0.4) is 0 Å². The number of esters is 1. The van der Waals surface area contributed by atoms with Crippen LogP contribution in [0.2, 0.25) is 0 Å². The Hall–Kier alpha value is -1.76. The Kier molecular flexibility index (Phi) is 4.33. The Morgan fingerprint density at radius 2 is 2.18 bits per heavy atom. The van der Waals surface area contributed by atoms with Gasteiger partial charge in [-0.2, -0.15) is 8.78 Å². The number of methoxy groups -OCH3 is 1. The summed E-state index contributed by atoms with van der Waals surface area (Å²) in [7, 11) is 1.07. The molecular weight excluding hydrogens is 238 g/mol. The Morgan fingerprint density at radius 3 is 2.71 bits per heavy atom. The van der Waals surface area contributed by atoms with Crippen LogP contribution in [-0.4, -0.2) is 31.4 Å². The second-order valence-electron chi connectivity index (χ2n) is 3.09. The monoisotopic (exact) mass is 248 g/mol. The highest BCUT2D eigenvalue weighted by Gasteiger charge is 2.48. The molecule has 0 aromatic carbocycles. The lowest BCUT2D eigenvalue weighted by Gasteiger charge is -2.12. The summed E-state index contributed by atoms with van der Waals surface area (Å²) in [6, 6.07) is 2.96. The molecule has 1 rings (SSSR count). The minimum absolute atomic E-state index is 0.202. The maximum atomic E-state index is 13.1. The first-order valence-electron chi connectivity index (χ1n) is 4.58. The third-order valence-corrected chi connectivity index (χ3v) is 1.81.